The van der Waals surface area contributed by atoms with Crippen molar-refractivity contribution in [3.8, 4) is 0 Å². The SMILES string of the molecule is O=C(CCCSc1nnc(NCc2ccco2)s1)c1ccc(F)cc1. The summed E-state index contributed by atoms with van der Waals surface area (Å²) in [5.74, 6) is 1.31. The minimum absolute atomic E-state index is 0.0265. The smallest absolute Gasteiger partial charge is 0.206 e. The Morgan fingerprint density at radius 1 is 1.24 bits per heavy atom. The topological polar surface area (TPSA) is 68.0 Å². The molecule has 2 aromatic heterocycles. The monoisotopic (exact) mass is 377 g/mol. The number of furan rings is 1. The molecule has 8 heteroatoms. The third kappa shape index (κ3) is 5.40. The number of nitrogens with zero attached hydrogens (tertiary/aromatic N) is 2. The highest BCUT2D eigenvalue weighted by Gasteiger charge is 2.08. The fraction of sp³-hybridized carbons (Fsp3) is 0.235. The molecule has 0 atom stereocenters. The summed E-state index contributed by atoms with van der Waals surface area (Å²) in [6, 6.07) is 9.38. The maximum absolute atomic E-state index is 12.8. The number of hydrogen-bond acceptors (Lipinski definition) is 7. The highest BCUT2D eigenvalue weighted by molar-refractivity contribution is 8.01. The van der Waals surface area contributed by atoms with Crippen molar-refractivity contribution in [1.29, 1.82) is 0 Å². The quantitative estimate of drug-likeness (QED) is 0.333. The highest BCUT2D eigenvalue weighted by Crippen LogP contribution is 2.26. The minimum Gasteiger partial charge on any atom is -0.467 e. The molecule has 0 saturated heterocycles. The molecule has 0 aliphatic rings. The van der Waals surface area contributed by atoms with Gasteiger partial charge in [0.1, 0.15) is 11.6 Å². The first-order chi connectivity index (χ1) is 12.2. The number of nitrogens with one attached hydrogen (secondary N) is 1. The fourth-order valence-electron chi connectivity index (χ4n) is 2.09. The minimum atomic E-state index is -0.333. The van der Waals surface area contributed by atoms with E-state index in [1.54, 1.807) is 18.0 Å². The maximum atomic E-state index is 12.8. The van der Waals surface area contributed by atoms with Crippen molar-refractivity contribution in [1.82, 2.24) is 10.2 Å². The van der Waals surface area contributed by atoms with Crippen LogP contribution in [0, 0.1) is 5.82 Å². The van der Waals surface area contributed by atoms with Crippen LogP contribution in [0.25, 0.3) is 0 Å². The van der Waals surface area contributed by atoms with Gasteiger partial charge >= 0.3 is 0 Å². The summed E-state index contributed by atoms with van der Waals surface area (Å²) in [5, 5.41) is 12.1. The molecule has 0 radical (unpaired) electrons. The maximum Gasteiger partial charge on any atom is 0.206 e. The Morgan fingerprint density at radius 2 is 2.08 bits per heavy atom. The van der Waals surface area contributed by atoms with Gasteiger partial charge in [0.25, 0.3) is 0 Å². The van der Waals surface area contributed by atoms with E-state index in [0.717, 1.165) is 27.4 Å². The number of aromatic nitrogens is 2. The summed E-state index contributed by atoms with van der Waals surface area (Å²) in [6.07, 6.45) is 2.79. The molecule has 0 bridgehead atoms. The van der Waals surface area contributed by atoms with Gasteiger partial charge in [0, 0.05) is 17.7 Å². The fourth-order valence-corrected chi connectivity index (χ4v) is 3.85. The van der Waals surface area contributed by atoms with E-state index in [0.29, 0.717) is 18.5 Å². The third-order valence-electron chi connectivity index (χ3n) is 3.34. The van der Waals surface area contributed by atoms with Gasteiger partial charge in [0.15, 0.2) is 10.1 Å². The predicted molar refractivity (Wildman–Crippen MR) is 96.6 cm³/mol. The summed E-state index contributed by atoms with van der Waals surface area (Å²) >= 11 is 3.05. The van der Waals surface area contributed by atoms with Crippen LogP contribution in [0.1, 0.15) is 29.0 Å². The van der Waals surface area contributed by atoms with Crippen molar-refractivity contribution >= 4 is 34.0 Å². The highest BCUT2D eigenvalue weighted by atomic mass is 32.2. The zero-order chi connectivity index (χ0) is 17.5. The first-order valence-corrected chi connectivity index (χ1v) is 9.52. The molecule has 0 aliphatic carbocycles. The van der Waals surface area contributed by atoms with E-state index in [1.807, 2.05) is 12.1 Å². The lowest BCUT2D eigenvalue weighted by atomic mass is 10.1. The molecule has 3 aromatic rings. The second-order valence-electron chi connectivity index (χ2n) is 5.19. The molecule has 0 amide bonds. The summed E-state index contributed by atoms with van der Waals surface area (Å²) in [4.78, 5) is 12.0. The number of carbonyl (C=O) groups excluding carboxylic acids is 1. The Balaban J connectivity index is 1.37. The average molecular weight is 377 g/mol. The average Bonchev–Trinajstić information content (AvgIpc) is 3.29. The Labute approximate surface area is 152 Å². The molecular weight excluding hydrogens is 361 g/mol. The lowest BCUT2D eigenvalue weighted by Gasteiger charge is -2.00. The summed E-state index contributed by atoms with van der Waals surface area (Å²) < 4.78 is 18.9. The molecule has 1 aromatic carbocycles. The largest absolute Gasteiger partial charge is 0.467 e. The van der Waals surface area contributed by atoms with Crippen molar-refractivity contribution in [2.24, 2.45) is 0 Å². The number of thioether (sulfide) groups is 1. The van der Waals surface area contributed by atoms with Gasteiger partial charge in [-0.25, -0.2) is 4.39 Å². The lowest BCUT2D eigenvalue weighted by Crippen LogP contribution is -1.99. The molecular formula is C17H16FN3O2S2. The van der Waals surface area contributed by atoms with Crippen molar-refractivity contribution in [2.75, 3.05) is 11.1 Å². The summed E-state index contributed by atoms with van der Waals surface area (Å²) in [5.41, 5.74) is 0.548. The molecule has 130 valence electrons. The van der Waals surface area contributed by atoms with Gasteiger partial charge in [0.05, 0.1) is 12.8 Å². The molecule has 0 fully saturated rings. The van der Waals surface area contributed by atoms with Crippen molar-refractivity contribution in [2.45, 2.75) is 23.7 Å². The van der Waals surface area contributed by atoms with Gasteiger partial charge < -0.3 is 9.73 Å². The van der Waals surface area contributed by atoms with Gasteiger partial charge in [-0.1, -0.05) is 23.1 Å². The van der Waals surface area contributed by atoms with E-state index in [9.17, 15) is 9.18 Å². The van der Waals surface area contributed by atoms with Crippen LogP contribution < -0.4 is 5.32 Å². The molecule has 0 saturated carbocycles. The number of carbonyl (C=O) groups is 1. The van der Waals surface area contributed by atoms with E-state index < -0.39 is 0 Å². The van der Waals surface area contributed by atoms with Gasteiger partial charge in [0.2, 0.25) is 5.13 Å². The van der Waals surface area contributed by atoms with Crippen LogP contribution in [0.2, 0.25) is 0 Å². The number of halogens is 1. The van der Waals surface area contributed by atoms with Crippen molar-refractivity contribution < 1.29 is 13.6 Å². The van der Waals surface area contributed by atoms with E-state index in [-0.39, 0.29) is 11.6 Å². The van der Waals surface area contributed by atoms with E-state index in [1.165, 1.54) is 35.6 Å². The number of anilines is 1. The van der Waals surface area contributed by atoms with Crippen molar-refractivity contribution in [3.63, 3.8) is 0 Å². The van der Waals surface area contributed by atoms with Gasteiger partial charge in [-0.3, -0.25) is 4.79 Å². The molecule has 3 rings (SSSR count). The van der Waals surface area contributed by atoms with E-state index >= 15 is 0 Å². The lowest BCUT2D eigenvalue weighted by molar-refractivity contribution is 0.0982. The van der Waals surface area contributed by atoms with E-state index in [2.05, 4.69) is 15.5 Å². The van der Waals surface area contributed by atoms with E-state index in [4.69, 9.17) is 4.42 Å². The van der Waals surface area contributed by atoms with Crippen LogP contribution in [0.4, 0.5) is 9.52 Å². The number of Topliss-reactive ketones (excluding diaryl/α,β-unsaturated/α-hetero) is 1. The number of hydrogen-bond donors (Lipinski definition) is 1. The second kappa shape index (κ2) is 8.77. The van der Waals surface area contributed by atoms with Gasteiger partial charge in [-0.05, 0) is 42.8 Å². The summed E-state index contributed by atoms with van der Waals surface area (Å²) in [6.45, 7) is 0.568. The van der Waals surface area contributed by atoms with Crippen molar-refractivity contribution in [3.05, 3.63) is 59.8 Å². The van der Waals surface area contributed by atoms with Crippen LogP contribution in [0.3, 0.4) is 0 Å². The molecule has 1 N–H and O–H groups in total. The first kappa shape index (κ1) is 17.6. The number of ketones is 1. The second-order valence-corrected chi connectivity index (χ2v) is 7.51. The first-order valence-electron chi connectivity index (χ1n) is 7.72. The molecule has 5 nitrogen and oxygen atoms in total. The third-order valence-corrected chi connectivity index (χ3v) is 5.44. The van der Waals surface area contributed by atoms with Crippen LogP contribution >= 0.6 is 23.1 Å². The van der Waals surface area contributed by atoms with Crippen LogP contribution in [0.5, 0.6) is 0 Å². The molecule has 0 unspecified atom stereocenters. The van der Waals surface area contributed by atoms with Gasteiger partial charge in [-0.2, -0.15) is 0 Å². The summed E-state index contributed by atoms with van der Waals surface area (Å²) in [7, 11) is 0. The Morgan fingerprint density at radius 3 is 2.84 bits per heavy atom. The number of rotatable bonds is 9. The Hall–Kier alpha value is -2.19. The van der Waals surface area contributed by atoms with Crippen LogP contribution in [-0.4, -0.2) is 21.7 Å². The van der Waals surface area contributed by atoms with Crippen LogP contribution in [0.15, 0.2) is 51.4 Å². The predicted octanol–water partition coefficient (Wildman–Crippen LogP) is 4.64. The van der Waals surface area contributed by atoms with Gasteiger partial charge in [-0.15, -0.1) is 10.2 Å². The Bertz CT molecular complexity index is 804. The standard InChI is InChI=1S/C17H16FN3O2S2/c18-13-7-5-12(6-8-13)15(22)4-2-10-24-17-21-20-16(25-17)19-11-14-3-1-9-23-14/h1,3,5-9H,2,4,10-11H2,(H,19,20). The molecule has 0 spiro atoms. The normalized spacial score (nSPS) is 10.8. The zero-order valence-corrected chi connectivity index (χ0v) is 14.9. The molecule has 2 heterocycles. The Kier molecular flexibility index (Phi) is 6.19. The zero-order valence-electron chi connectivity index (χ0n) is 13.3. The molecule has 25 heavy (non-hydrogen) atoms. The molecule has 0 aliphatic heterocycles. The van der Waals surface area contributed by atoms with Crippen LogP contribution in [-0.2, 0) is 6.54 Å². The number of benzene rings is 1.